The maximum absolute atomic E-state index is 12.0. The van der Waals surface area contributed by atoms with Gasteiger partial charge >= 0.3 is 5.97 Å². The van der Waals surface area contributed by atoms with Crippen molar-refractivity contribution >= 4 is 23.3 Å². The minimum atomic E-state index is -0.681. The molecule has 0 bridgehead atoms. The van der Waals surface area contributed by atoms with Crippen LogP contribution in [0.2, 0.25) is 5.02 Å². The van der Waals surface area contributed by atoms with Crippen LogP contribution in [0.3, 0.4) is 0 Å². The van der Waals surface area contributed by atoms with Crippen molar-refractivity contribution in [3.05, 3.63) is 81.0 Å². The molecule has 0 spiro atoms. The smallest absolute Gasteiger partial charge is 0.338 e. The highest BCUT2D eigenvalue weighted by atomic mass is 35.5. The molecule has 3 rings (SSSR count). The fourth-order valence-electron chi connectivity index (χ4n) is 2.10. The Morgan fingerprint density at radius 2 is 1.96 bits per heavy atom. The molecule has 0 fully saturated rings. The third-order valence-corrected chi connectivity index (χ3v) is 3.58. The third kappa shape index (κ3) is 4.02. The van der Waals surface area contributed by atoms with Crippen LogP contribution in [-0.4, -0.2) is 16.0 Å². The van der Waals surface area contributed by atoms with E-state index in [9.17, 15) is 14.9 Å². The molecule has 7 nitrogen and oxygen atoms in total. The van der Waals surface area contributed by atoms with Gasteiger partial charge in [-0.3, -0.25) is 10.1 Å². The average Bonchev–Trinajstić information content (AvgIpc) is 3.09. The number of ether oxygens (including phenoxy) is 1. The number of nitro benzene ring substituents is 1. The molecule has 1 heterocycles. The molecule has 0 aliphatic rings. The summed E-state index contributed by atoms with van der Waals surface area (Å²) in [6.07, 6.45) is 0. The number of esters is 1. The summed E-state index contributed by atoms with van der Waals surface area (Å²) in [6, 6.07) is 14.0. The summed E-state index contributed by atoms with van der Waals surface area (Å²) in [4.78, 5) is 22.1. The lowest BCUT2D eigenvalue weighted by Crippen LogP contribution is -2.05. The van der Waals surface area contributed by atoms with Crippen LogP contribution >= 0.6 is 11.6 Å². The molecule has 0 N–H and O–H groups in total. The SMILES string of the molecule is O=C(OCc1cc(-c2ccc(Cl)cc2)on1)c1cccc([N+](=O)[O-])c1. The molecule has 2 aromatic carbocycles. The van der Waals surface area contributed by atoms with Crippen LogP contribution in [0.1, 0.15) is 16.1 Å². The highest BCUT2D eigenvalue weighted by Crippen LogP contribution is 2.23. The Balaban J connectivity index is 1.66. The van der Waals surface area contributed by atoms with Crippen molar-refractivity contribution in [2.45, 2.75) is 6.61 Å². The molecular weight excluding hydrogens is 348 g/mol. The zero-order valence-electron chi connectivity index (χ0n) is 12.7. The van der Waals surface area contributed by atoms with E-state index < -0.39 is 10.9 Å². The molecule has 0 amide bonds. The molecule has 126 valence electrons. The number of rotatable bonds is 5. The Kier molecular flexibility index (Phi) is 4.76. The Hall–Kier alpha value is -3.19. The maximum atomic E-state index is 12.0. The Morgan fingerprint density at radius 3 is 2.68 bits per heavy atom. The van der Waals surface area contributed by atoms with E-state index in [0.717, 1.165) is 11.6 Å². The molecule has 0 atom stereocenters. The number of halogens is 1. The van der Waals surface area contributed by atoms with Crippen molar-refractivity contribution in [1.29, 1.82) is 0 Å². The molecule has 0 radical (unpaired) electrons. The second-order valence-corrected chi connectivity index (χ2v) is 5.51. The lowest BCUT2D eigenvalue weighted by molar-refractivity contribution is -0.384. The second kappa shape index (κ2) is 7.14. The van der Waals surface area contributed by atoms with Crippen LogP contribution in [-0.2, 0) is 11.3 Å². The minimum Gasteiger partial charge on any atom is -0.455 e. The molecule has 1 aromatic heterocycles. The van der Waals surface area contributed by atoms with Crippen molar-refractivity contribution in [2.24, 2.45) is 0 Å². The monoisotopic (exact) mass is 358 g/mol. The van der Waals surface area contributed by atoms with E-state index in [0.29, 0.717) is 16.5 Å². The predicted molar refractivity (Wildman–Crippen MR) is 89.2 cm³/mol. The first-order chi connectivity index (χ1) is 12.0. The van der Waals surface area contributed by atoms with Gasteiger partial charge < -0.3 is 9.26 Å². The van der Waals surface area contributed by atoms with E-state index in [1.807, 2.05) is 0 Å². The zero-order valence-corrected chi connectivity index (χ0v) is 13.5. The van der Waals surface area contributed by atoms with Crippen molar-refractivity contribution in [3.63, 3.8) is 0 Å². The minimum absolute atomic E-state index is 0.0932. The van der Waals surface area contributed by atoms with Gasteiger partial charge in [-0.05, 0) is 30.3 Å². The summed E-state index contributed by atoms with van der Waals surface area (Å²) in [6.45, 7) is -0.112. The van der Waals surface area contributed by atoms with Gasteiger partial charge in [0.05, 0.1) is 10.5 Å². The van der Waals surface area contributed by atoms with Crippen LogP contribution < -0.4 is 0 Å². The van der Waals surface area contributed by atoms with E-state index in [-0.39, 0.29) is 17.9 Å². The van der Waals surface area contributed by atoms with E-state index >= 15 is 0 Å². The average molecular weight is 359 g/mol. The number of non-ortho nitro benzene ring substituents is 1. The number of carbonyl (C=O) groups is 1. The summed E-state index contributed by atoms with van der Waals surface area (Å²) < 4.78 is 10.3. The molecule has 8 heteroatoms. The highest BCUT2D eigenvalue weighted by molar-refractivity contribution is 6.30. The van der Waals surface area contributed by atoms with Crippen LogP contribution in [0.15, 0.2) is 59.1 Å². The van der Waals surface area contributed by atoms with Crippen molar-refractivity contribution in [2.75, 3.05) is 0 Å². The van der Waals surface area contributed by atoms with Crippen LogP contribution in [0.4, 0.5) is 5.69 Å². The normalized spacial score (nSPS) is 10.4. The van der Waals surface area contributed by atoms with Gasteiger partial charge in [0.2, 0.25) is 0 Å². The van der Waals surface area contributed by atoms with Gasteiger partial charge in [-0.25, -0.2) is 4.79 Å². The summed E-state index contributed by atoms with van der Waals surface area (Å²) in [5.41, 5.74) is 1.12. The van der Waals surface area contributed by atoms with Gasteiger partial charge in [0.25, 0.3) is 5.69 Å². The number of benzene rings is 2. The van der Waals surface area contributed by atoms with E-state index in [1.165, 1.54) is 18.2 Å². The number of aromatic nitrogens is 1. The Bertz CT molecular complexity index is 921. The molecule has 25 heavy (non-hydrogen) atoms. The molecule has 0 saturated heterocycles. The highest BCUT2D eigenvalue weighted by Gasteiger charge is 2.14. The van der Waals surface area contributed by atoms with Gasteiger partial charge in [-0.2, -0.15) is 0 Å². The van der Waals surface area contributed by atoms with Crippen molar-refractivity contribution in [1.82, 2.24) is 5.16 Å². The van der Waals surface area contributed by atoms with Gasteiger partial charge in [-0.1, -0.05) is 22.8 Å². The standard InChI is InChI=1S/C17H11ClN2O5/c18-13-6-4-11(5-7-13)16-9-14(19-25-16)10-24-17(21)12-2-1-3-15(8-12)20(22)23/h1-9H,10H2. The number of hydrogen-bond acceptors (Lipinski definition) is 6. The van der Waals surface area contributed by atoms with Crippen molar-refractivity contribution < 1.29 is 19.0 Å². The fraction of sp³-hybridized carbons (Fsp3) is 0.0588. The lowest BCUT2D eigenvalue weighted by atomic mass is 10.1. The third-order valence-electron chi connectivity index (χ3n) is 3.33. The number of nitrogens with zero attached hydrogens (tertiary/aromatic N) is 2. The van der Waals surface area contributed by atoms with E-state index in [4.69, 9.17) is 20.9 Å². The molecule has 0 saturated carbocycles. The zero-order chi connectivity index (χ0) is 17.8. The molecule has 3 aromatic rings. The van der Waals surface area contributed by atoms with Crippen LogP contribution in [0.5, 0.6) is 0 Å². The first-order valence-electron chi connectivity index (χ1n) is 7.16. The number of nitro groups is 1. The lowest BCUT2D eigenvalue weighted by Gasteiger charge is -2.02. The number of hydrogen-bond donors (Lipinski definition) is 0. The van der Waals surface area contributed by atoms with E-state index in [1.54, 1.807) is 30.3 Å². The van der Waals surface area contributed by atoms with Crippen LogP contribution in [0.25, 0.3) is 11.3 Å². The molecule has 0 unspecified atom stereocenters. The number of carbonyl (C=O) groups excluding carboxylic acids is 1. The summed E-state index contributed by atoms with van der Waals surface area (Å²) in [7, 11) is 0. The molecule has 0 aliphatic carbocycles. The van der Waals surface area contributed by atoms with Gasteiger partial charge in [-0.15, -0.1) is 0 Å². The summed E-state index contributed by atoms with van der Waals surface area (Å²) >= 11 is 5.83. The molecule has 0 aliphatic heterocycles. The topological polar surface area (TPSA) is 95.5 Å². The second-order valence-electron chi connectivity index (χ2n) is 5.07. The van der Waals surface area contributed by atoms with Gasteiger partial charge in [0.1, 0.15) is 12.3 Å². The largest absolute Gasteiger partial charge is 0.455 e. The first-order valence-corrected chi connectivity index (χ1v) is 7.54. The van der Waals surface area contributed by atoms with E-state index in [2.05, 4.69) is 5.16 Å². The Morgan fingerprint density at radius 1 is 1.20 bits per heavy atom. The quantitative estimate of drug-likeness (QED) is 0.384. The van der Waals surface area contributed by atoms with Crippen LogP contribution in [0, 0.1) is 10.1 Å². The fourth-order valence-corrected chi connectivity index (χ4v) is 2.23. The maximum Gasteiger partial charge on any atom is 0.338 e. The van der Waals surface area contributed by atoms with Gasteiger partial charge in [0.15, 0.2) is 5.76 Å². The summed E-state index contributed by atoms with van der Waals surface area (Å²) in [5.74, 6) is -0.169. The summed E-state index contributed by atoms with van der Waals surface area (Å²) in [5, 5.41) is 15.2. The molecular formula is C17H11ClN2O5. The first kappa shape index (κ1) is 16.7. The predicted octanol–water partition coefficient (Wildman–Crippen LogP) is 4.26. The van der Waals surface area contributed by atoms with Gasteiger partial charge in [0, 0.05) is 28.8 Å². The Labute approximate surface area is 146 Å². The van der Waals surface area contributed by atoms with Crippen molar-refractivity contribution in [3.8, 4) is 11.3 Å².